The van der Waals surface area contributed by atoms with Gasteiger partial charge in [-0.05, 0) is 37.1 Å². The molecule has 0 radical (unpaired) electrons. The number of rotatable bonds is 5. The topological polar surface area (TPSA) is 88.7 Å². The Bertz CT molecular complexity index is 938. The number of aliphatic hydroxyl groups excluding tert-OH is 1. The molecular formula is C22H29ClN5O4+. The first kappa shape index (κ1) is 22.5. The zero-order valence-corrected chi connectivity index (χ0v) is 19.2. The number of fused-ring (bicyclic) bond motifs is 1. The third kappa shape index (κ3) is 4.45. The van der Waals surface area contributed by atoms with Gasteiger partial charge in [-0.1, -0.05) is 29.4 Å². The predicted octanol–water partition coefficient (Wildman–Crippen LogP) is 1.63. The quantitative estimate of drug-likeness (QED) is 0.672. The van der Waals surface area contributed by atoms with Crippen LogP contribution in [0.4, 0.5) is 4.79 Å². The highest BCUT2D eigenvalue weighted by Crippen LogP contribution is 2.24. The Kier molecular flexibility index (Phi) is 6.66. The largest absolute Gasteiger partial charge is 0.491 e. The van der Waals surface area contributed by atoms with E-state index in [1.165, 1.54) is 11.9 Å². The Morgan fingerprint density at radius 2 is 1.78 bits per heavy atom. The first-order valence-electron chi connectivity index (χ1n) is 11.0. The number of hydrogen-bond donors (Lipinski definition) is 1. The van der Waals surface area contributed by atoms with Crippen LogP contribution >= 0.6 is 11.6 Å². The molecule has 9 nitrogen and oxygen atoms in total. The molecule has 0 spiro atoms. The van der Waals surface area contributed by atoms with Crippen LogP contribution in [-0.4, -0.2) is 101 Å². The lowest BCUT2D eigenvalue weighted by molar-refractivity contribution is -0.531. The number of urea groups is 1. The van der Waals surface area contributed by atoms with Gasteiger partial charge in [-0.3, -0.25) is 19.2 Å². The summed E-state index contributed by atoms with van der Waals surface area (Å²) in [4.78, 5) is 34.6. The molecule has 3 aliphatic heterocycles. The average Bonchev–Trinajstić information content (AvgIpc) is 2.96. The Morgan fingerprint density at radius 3 is 2.44 bits per heavy atom. The maximum atomic E-state index is 13.1. The molecule has 0 bridgehead atoms. The summed E-state index contributed by atoms with van der Waals surface area (Å²) in [6.07, 6.45) is 3.52. The van der Waals surface area contributed by atoms with Crippen molar-refractivity contribution in [2.75, 3.05) is 40.3 Å². The number of carbonyl (C=O) groups is 2. The van der Waals surface area contributed by atoms with Crippen molar-refractivity contribution in [3.63, 3.8) is 0 Å². The lowest BCUT2D eigenvalue weighted by Gasteiger charge is -2.33. The molecule has 2 saturated heterocycles. The van der Waals surface area contributed by atoms with E-state index >= 15 is 0 Å². The van der Waals surface area contributed by atoms with Gasteiger partial charge in [0.1, 0.15) is 18.5 Å². The predicted molar refractivity (Wildman–Crippen MR) is 120 cm³/mol. The normalized spacial score (nSPS) is 22.7. The number of aliphatic imine (C=N–C) groups is 1. The number of amides is 3. The molecule has 32 heavy (non-hydrogen) atoms. The Labute approximate surface area is 192 Å². The number of benzene rings is 1. The number of guanidine groups is 1. The fourth-order valence-corrected chi connectivity index (χ4v) is 4.42. The molecule has 3 heterocycles. The van der Waals surface area contributed by atoms with Gasteiger partial charge in [0.25, 0.3) is 5.91 Å². The fourth-order valence-electron chi connectivity index (χ4n) is 4.30. The zero-order chi connectivity index (χ0) is 22.8. The Hall–Kier alpha value is -2.65. The molecule has 172 valence electrons. The van der Waals surface area contributed by atoms with E-state index in [4.69, 9.17) is 21.3 Å². The van der Waals surface area contributed by atoms with Crippen molar-refractivity contribution in [2.24, 2.45) is 4.99 Å². The van der Waals surface area contributed by atoms with Crippen LogP contribution in [0.5, 0.6) is 5.75 Å². The summed E-state index contributed by atoms with van der Waals surface area (Å²) in [5.74, 6) is 1.30. The smallest absolute Gasteiger partial charge is 0.392 e. The molecule has 0 aromatic heterocycles. The van der Waals surface area contributed by atoms with Crippen molar-refractivity contribution in [3.05, 3.63) is 29.3 Å². The van der Waals surface area contributed by atoms with Crippen molar-refractivity contribution in [1.29, 1.82) is 0 Å². The van der Waals surface area contributed by atoms with E-state index in [1.54, 1.807) is 31.3 Å². The number of aliphatic hydroxyl groups is 1. The van der Waals surface area contributed by atoms with Crippen LogP contribution in [0.2, 0.25) is 5.02 Å². The first-order valence-corrected chi connectivity index (χ1v) is 11.3. The van der Waals surface area contributed by atoms with Crippen molar-refractivity contribution in [3.8, 4) is 5.75 Å². The van der Waals surface area contributed by atoms with Crippen molar-refractivity contribution in [2.45, 2.75) is 37.8 Å². The summed E-state index contributed by atoms with van der Waals surface area (Å²) in [6.45, 7) is 1.85. The van der Waals surface area contributed by atoms with Crippen LogP contribution in [0.25, 0.3) is 0 Å². The number of imide groups is 1. The number of likely N-dealkylation sites (N-methyl/N-ethyl adjacent to an activating group) is 2. The summed E-state index contributed by atoms with van der Waals surface area (Å²) >= 11 is 5.91. The fraction of sp³-hybridized carbons (Fsp3) is 0.545. The molecule has 4 rings (SSSR count). The molecule has 1 N–H and O–H groups in total. The molecule has 1 aromatic rings. The van der Waals surface area contributed by atoms with Crippen molar-refractivity contribution >= 4 is 35.3 Å². The highest BCUT2D eigenvalue weighted by atomic mass is 35.5. The standard InChI is InChI=1S/C22H29ClN5O4/c1-25-19-18(20(30)26(2)22(25)31)28(21(24-19)27-11-5-3-4-6-12-27)13-16(29)14-32-17-9-7-15(23)8-10-17/h7-10,16,18,29H,3-6,11-14H2,1-2H3/q+1. The molecule has 3 amide bonds. The number of amidine groups is 1. The molecule has 0 saturated carbocycles. The molecule has 0 aliphatic carbocycles. The number of halogens is 1. The molecule has 2 fully saturated rings. The summed E-state index contributed by atoms with van der Waals surface area (Å²) in [7, 11) is 3.10. The lowest BCUT2D eigenvalue weighted by atomic mass is 10.1. The first-order chi connectivity index (χ1) is 15.4. The maximum Gasteiger partial charge on any atom is 0.392 e. The second-order valence-corrected chi connectivity index (χ2v) is 8.82. The van der Waals surface area contributed by atoms with E-state index in [2.05, 4.69) is 4.58 Å². The third-order valence-electron chi connectivity index (χ3n) is 6.06. The van der Waals surface area contributed by atoms with Gasteiger partial charge in [-0.2, -0.15) is 0 Å². The Morgan fingerprint density at radius 1 is 1.12 bits per heavy atom. The van der Waals surface area contributed by atoms with Crippen LogP contribution in [0.1, 0.15) is 25.7 Å². The molecule has 2 unspecified atom stereocenters. The van der Waals surface area contributed by atoms with Gasteiger partial charge in [-0.15, -0.1) is 0 Å². The van der Waals surface area contributed by atoms with Gasteiger partial charge in [-0.25, -0.2) is 9.69 Å². The van der Waals surface area contributed by atoms with E-state index in [0.717, 1.165) is 43.7 Å². The number of nitrogens with zero attached hydrogens (tertiary/aromatic N) is 5. The molecule has 10 heteroatoms. The Balaban J connectivity index is 1.58. The van der Waals surface area contributed by atoms with E-state index in [9.17, 15) is 14.7 Å². The minimum Gasteiger partial charge on any atom is -0.491 e. The molecule has 1 aromatic carbocycles. The van der Waals surface area contributed by atoms with Gasteiger partial charge in [0.2, 0.25) is 11.9 Å². The summed E-state index contributed by atoms with van der Waals surface area (Å²) in [5, 5.41) is 11.4. The second kappa shape index (κ2) is 9.46. The molecule has 2 atom stereocenters. The van der Waals surface area contributed by atoms with E-state index in [0.29, 0.717) is 22.6 Å². The van der Waals surface area contributed by atoms with Crippen LogP contribution < -0.4 is 4.74 Å². The van der Waals surface area contributed by atoms with Crippen LogP contribution in [-0.2, 0) is 4.79 Å². The minimum atomic E-state index is -0.872. The van der Waals surface area contributed by atoms with Gasteiger partial charge in [0, 0.05) is 19.1 Å². The average molecular weight is 463 g/mol. The summed E-state index contributed by atoms with van der Waals surface area (Å²) in [6, 6.07) is 5.76. The van der Waals surface area contributed by atoms with Crippen molar-refractivity contribution < 1.29 is 24.0 Å². The number of ether oxygens (including phenoxy) is 1. The van der Waals surface area contributed by atoms with Gasteiger partial charge < -0.3 is 9.84 Å². The number of carbonyl (C=O) groups excluding carboxylic acids is 2. The van der Waals surface area contributed by atoms with Crippen LogP contribution in [0, 0.1) is 0 Å². The van der Waals surface area contributed by atoms with E-state index in [1.807, 2.05) is 4.90 Å². The van der Waals surface area contributed by atoms with E-state index in [-0.39, 0.29) is 19.1 Å². The second-order valence-electron chi connectivity index (χ2n) is 8.38. The van der Waals surface area contributed by atoms with E-state index < -0.39 is 18.2 Å². The van der Waals surface area contributed by atoms with Crippen LogP contribution in [0.3, 0.4) is 0 Å². The number of hydrogen-bond acceptors (Lipinski definition) is 4. The van der Waals surface area contributed by atoms with Gasteiger partial charge in [0.05, 0.1) is 19.6 Å². The SMILES string of the molecule is CN1C(=O)C2C(=NC(=[N+]3CCCCCC3)N2CC(O)COc2ccc(Cl)cc2)N(C)C1=O. The molecule has 3 aliphatic rings. The van der Waals surface area contributed by atoms with Gasteiger partial charge >= 0.3 is 12.0 Å². The summed E-state index contributed by atoms with van der Waals surface area (Å²) < 4.78 is 7.86. The molecular weight excluding hydrogens is 434 g/mol. The monoisotopic (exact) mass is 462 g/mol. The van der Waals surface area contributed by atoms with Crippen LogP contribution in [0.15, 0.2) is 29.3 Å². The maximum absolute atomic E-state index is 13.1. The highest BCUT2D eigenvalue weighted by molar-refractivity contribution is 6.30. The lowest BCUT2D eigenvalue weighted by Crippen LogP contribution is -2.63. The highest BCUT2D eigenvalue weighted by Gasteiger charge is 2.55. The summed E-state index contributed by atoms with van der Waals surface area (Å²) in [5.41, 5.74) is 0. The van der Waals surface area contributed by atoms with Gasteiger partial charge in [0.15, 0.2) is 0 Å². The number of β-amino-alcohol motifs (C(OH)–C–C–N with tert-alkyl or cyclic N) is 1. The zero-order valence-electron chi connectivity index (χ0n) is 18.4. The third-order valence-corrected chi connectivity index (χ3v) is 6.31. The minimum absolute atomic E-state index is 0.0479. The van der Waals surface area contributed by atoms with Crippen molar-refractivity contribution in [1.82, 2.24) is 14.7 Å².